The zero-order valence-corrected chi connectivity index (χ0v) is 10.8. The smallest absolute Gasteiger partial charge is 0.139 e. The maximum absolute atomic E-state index is 5.88. The first kappa shape index (κ1) is 12.1. The molecule has 90 valence electrons. The van der Waals surface area contributed by atoms with Crippen LogP contribution in [0.1, 0.15) is 5.69 Å². The van der Waals surface area contributed by atoms with E-state index in [0.29, 0.717) is 0 Å². The number of benzene rings is 1. The van der Waals surface area contributed by atoms with Crippen LogP contribution in [0.4, 0.5) is 0 Å². The Kier molecular flexibility index (Phi) is 3.82. The molecule has 0 saturated heterocycles. The van der Waals surface area contributed by atoms with E-state index in [2.05, 4.69) is 14.9 Å². The van der Waals surface area contributed by atoms with E-state index in [1.165, 1.54) is 5.69 Å². The van der Waals surface area contributed by atoms with Gasteiger partial charge in [0.1, 0.15) is 5.82 Å². The van der Waals surface area contributed by atoms with Gasteiger partial charge in [-0.2, -0.15) is 0 Å². The third kappa shape index (κ3) is 2.68. The molecule has 0 aliphatic carbocycles. The molecule has 0 aliphatic heterocycles. The van der Waals surface area contributed by atoms with Crippen LogP contribution in [0.15, 0.2) is 30.5 Å². The number of halogens is 1. The number of aromatic nitrogens is 2. The van der Waals surface area contributed by atoms with Gasteiger partial charge in [-0.25, -0.2) is 4.98 Å². The van der Waals surface area contributed by atoms with Crippen LogP contribution in [-0.2, 0) is 13.5 Å². The van der Waals surface area contributed by atoms with Crippen LogP contribution in [0.2, 0.25) is 5.02 Å². The first-order valence-electron chi connectivity index (χ1n) is 5.63. The van der Waals surface area contributed by atoms with E-state index < -0.39 is 0 Å². The van der Waals surface area contributed by atoms with Gasteiger partial charge in [-0.3, -0.25) is 0 Å². The van der Waals surface area contributed by atoms with Gasteiger partial charge in [-0.1, -0.05) is 11.6 Å². The zero-order chi connectivity index (χ0) is 12.3. The second-order valence-electron chi connectivity index (χ2n) is 3.99. The lowest BCUT2D eigenvalue weighted by atomic mass is 10.2. The molecule has 0 saturated carbocycles. The standard InChI is InChI=1S/C13H16ClN3/c1-15-8-7-12-9-16-13(17(12)2)10-3-5-11(14)6-4-10/h3-6,9,15H,7-8H2,1-2H3. The number of likely N-dealkylation sites (N-methyl/N-ethyl adjacent to an activating group) is 1. The van der Waals surface area contributed by atoms with Crippen molar-refractivity contribution in [1.29, 1.82) is 0 Å². The molecule has 0 aliphatic rings. The second kappa shape index (κ2) is 5.34. The van der Waals surface area contributed by atoms with E-state index in [1.807, 2.05) is 44.6 Å². The van der Waals surface area contributed by atoms with Gasteiger partial charge in [0.15, 0.2) is 0 Å². The molecule has 0 bridgehead atoms. The molecule has 0 fully saturated rings. The van der Waals surface area contributed by atoms with Crippen molar-refractivity contribution in [3.63, 3.8) is 0 Å². The van der Waals surface area contributed by atoms with Gasteiger partial charge >= 0.3 is 0 Å². The van der Waals surface area contributed by atoms with Gasteiger partial charge in [-0.05, 0) is 31.3 Å². The van der Waals surface area contributed by atoms with Crippen molar-refractivity contribution < 1.29 is 0 Å². The lowest BCUT2D eigenvalue weighted by Gasteiger charge is -2.06. The Morgan fingerprint density at radius 2 is 2.00 bits per heavy atom. The Balaban J connectivity index is 2.27. The van der Waals surface area contributed by atoms with Crippen LogP contribution in [-0.4, -0.2) is 23.1 Å². The van der Waals surface area contributed by atoms with Crippen molar-refractivity contribution in [2.75, 3.05) is 13.6 Å². The van der Waals surface area contributed by atoms with E-state index in [1.54, 1.807) is 0 Å². The summed E-state index contributed by atoms with van der Waals surface area (Å²) in [6.45, 7) is 0.958. The molecule has 17 heavy (non-hydrogen) atoms. The van der Waals surface area contributed by atoms with Gasteiger partial charge in [0, 0.05) is 42.5 Å². The van der Waals surface area contributed by atoms with E-state index >= 15 is 0 Å². The van der Waals surface area contributed by atoms with Crippen LogP contribution >= 0.6 is 11.6 Å². The monoisotopic (exact) mass is 249 g/mol. The SMILES string of the molecule is CNCCc1cnc(-c2ccc(Cl)cc2)n1C. The number of hydrogen-bond donors (Lipinski definition) is 1. The highest BCUT2D eigenvalue weighted by atomic mass is 35.5. The minimum Gasteiger partial charge on any atom is -0.331 e. The lowest BCUT2D eigenvalue weighted by Crippen LogP contribution is -2.12. The Morgan fingerprint density at radius 1 is 1.29 bits per heavy atom. The van der Waals surface area contributed by atoms with Crippen LogP contribution in [0.5, 0.6) is 0 Å². The Morgan fingerprint density at radius 3 is 2.65 bits per heavy atom. The van der Waals surface area contributed by atoms with E-state index in [4.69, 9.17) is 11.6 Å². The summed E-state index contributed by atoms with van der Waals surface area (Å²) in [7, 11) is 4.00. The predicted octanol–water partition coefficient (Wildman–Crippen LogP) is 2.50. The summed E-state index contributed by atoms with van der Waals surface area (Å²) in [5, 5.41) is 3.89. The fourth-order valence-corrected chi connectivity index (χ4v) is 1.92. The van der Waals surface area contributed by atoms with Crippen molar-refractivity contribution in [3.8, 4) is 11.4 Å². The highest BCUT2D eigenvalue weighted by Crippen LogP contribution is 2.20. The quantitative estimate of drug-likeness (QED) is 0.902. The molecule has 0 radical (unpaired) electrons. The fraction of sp³-hybridized carbons (Fsp3) is 0.308. The van der Waals surface area contributed by atoms with Crippen LogP contribution in [0.25, 0.3) is 11.4 Å². The number of nitrogens with zero attached hydrogens (tertiary/aromatic N) is 2. The van der Waals surface area contributed by atoms with Crippen molar-refractivity contribution in [2.24, 2.45) is 7.05 Å². The minimum absolute atomic E-state index is 0.748. The first-order chi connectivity index (χ1) is 8.22. The molecular formula is C13H16ClN3. The third-order valence-corrected chi connectivity index (χ3v) is 3.07. The summed E-state index contributed by atoms with van der Waals surface area (Å²) in [4.78, 5) is 4.46. The van der Waals surface area contributed by atoms with Crippen molar-refractivity contribution in [3.05, 3.63) is 41.2 Å². The predicted molar refractivity (Wildman–Crippen MR) is 71.3 cm³/mol. The summed E-state index contributed by atoms with van der Waals surface area (Å²) in [5.41, 5.74) is 2.32. The first-order valence-corrected chi connectivity index (χ1v) is 6.01. The van der Waals surface area contributed by atoms with Crippen LogP contribution < -0.4 is 5.32 Å². The summed E-state index contributed by atoms with van der Waals surface area (Å²) in [6, 6.07) is 7.76. The Bertz CT molecular complexity index is 488. The van der Waals surface area contributed by atoms with Gasteiger partial charge in [0.05, 0.1) is 0 Å². The molecule has 1 N–H and O–H groups in total. The maximum atomic E-state index is 5.88. The zero-order valence-electron chi connectivity index (χ0n) is 10.1. The summed E-state index contributed by atoms with van der Waals surface area (Å²) >= 11 is 5.88. The highest BCUT2D eigenvalue weighted by molar-refractivity contribution is 6.30. The molecule has 1 heterocycles. The molecule has 2 rings (SSSR count). The average molecular weight is 250 g/mol. The van der Waals surface area contributed by atoms with Gasteiger partial charge in [-0.15, -0.1) is 0 Å². The summed E-state index contributed by atoms with van der Waals surface area (Å²) < 4.78 is 2.13. The van der Waals surface area contributed by atoms with Crippen molar-refractivity contribution in [2.45, 2.75) is 6.42 Å². The molecule has 2 aromatic rings. The number of hydrogen-bond acceptors (Lipinski definition) is 2. The molecule has 0 unspecified atom stereocenters. The van der Waals surface area contributed by atoms with Crippen molar-refractivity contribution >= 4 is 11.6 Å². The molecule has 1 aromatic heterocycles. The molecule has 0 amide bonds. The molecule has 0 spiro atoms. The molecule has 3 nitrogen and oxygen atoms in total. The van der Waals surface area contributed by atoms with E-state index in [-0.39, 0.29) is 0 Å². The molecule has 0 atom stereocenters. The lowest BCUT2D eigenvalue weighted by molar-refractivity contribution is 0.740. The van der Waals surface area contributed by atoms with Gasteiger partial charge in [0.2, 0.25) is 0 Å². The Labute approximate surface area is 106 Å². The Hall–Kier alpha value is -1.32. The average Bonchev–Trinajstić information content (AvgIpc) is 2.69. The van der Waals surface area contributed by atoms with Gasteiger partial charge in [0.25, 0.3) is 0 Å². The number of nitrogens with one attached hydrogen (secondary N) is 1. The largest absolute Gasteiger partial charge is 0.331 e. The highest BCUT2D eigenvalue weighted by Gasteiger charge is 2.07. The second-order valence-corrected chi connectivity index (χ2v) is 4.43. The summed E-state index contributed by atoms with van der Waals surface area (Å²) in [5.74, 6) is 0.979. The number of imidazole rings is 1. The fourth-order valence-electron chi connectivity index (χ4n) is 1.80. The van der Waals surface area contributed by atoms with E-state index in [9.17, 15) is 0 Å². The van der Waals surface area contributed by atoms with Gasteiger partial charge < -0.3 is 9.88 Å². The number of rotatable bonds is 4. The van der Waals surface area contributed by atoms with E-state index in [0.717, 1.165) is 29.4 Å². The minimum atomic E-state index is 0.748. The van der Waals surface area contributed by atoms with Crippen LogP contribution in [0, 0.1) is 0 Å². The molecule has 1 aromatic carbocycles. The topological polar surface area (TPSA) is 29.9 Å². The van der Waals surface area contributed by atoms with Crippen LogP contribution in [0.3, 0.4) is 0 Å². The maximum Gasteiger partial charge on any atom is 0.139 e. The molecule has 4 heteroatoms. The third-order valence-electron chi connectivity index (χ3n) is 2.82. The summed E-state index contributed by atoms with van der Waals surface area (Å²) in [6.07, 6.45) is 2.91. The molecular weight excluding hydrogens is 234 g/mol. The normalized spacial score (nSPS) is 10.8. The van der Waals surface area contributed by atoms with Crippen molar-refractivity contribution in [1.82, 2.24) is 14.9 Å².